The van der Waals surface area contributed by atoms with Crippen LogP contribution < -0.4 is 10.5 Å². The van der Waals surface area contributed by atoms with Crippen LogP contribution >= 0.6 is 0 Å². The number of carbonyl (C=O) groups excluding carboxylic acids is 1. The van der Waals surface area contributed by atoms with E-state index >= 15 is 0 Å². The minimum absolute atomic E-state index is 0.0193. The molecular weight excluding hydrogens is 262 g/mol. The minimum Gasteiger partial charge on any atom is -0.491 e. The lowest BCUT2D eigenvalue weighted by molar-refractivity contribution is 0.0459. The number of aromatic nitrogens is 2. The topological polar surface area (TPSA) is 100 Å². The molecule has 0 atom stereocenters. The first kappa shape index (κ1) is 13.9. The fourth-order valence-corrected chi connectivity index (χ4v) is 1.61. The highest BCUT2D eigenvalue weighted by molar-refractivity contribution is 5.94. The molecule has 0 fully saturated rings. The van der Waals surface area contributed by atoms with Crippen molar-refractivity contribution in [3.05, 3.63) is 35.2 Å². The number of benzene rings is 1. The number of nitrogens with zero attached hydrogens (tertiary/aromatic N) is 2. The first-order valence-electron chi connectivity index (χ1n) is 6.10. The highest BCUT2D eigenvalue weighted by Crippen LogP contribution is 2.27. The number of hydrogen-bond donors (Lipinski definition) is 1. The molecule has 7 nitrogen and oxygen atoms in total. The number of para-hydroxylation sites is 1. The van der Waals surface area contributed by atoms with E-state index in [1.165, 1.54) is 0 Å². The Hall–Kier alpha value is -2.57. The maximum absolute atomic E-state index is 12.1. The second-order valence-corrected chi connectivity index (χ2v) is 4.03. The first-order valence-corrected chi connectivity index (χ1v) is 6.10. The third-order valence-corrected chi connectivity index (χ3v) is 2.64. The second-order valence-electron chi connectivity index (χ2n) is 4.03. The number of ether oxygens (including phenoxy) is 2. The summed E-state index contributed by atoms with van der Waals surface area (Å²) in [6.45, 7) is 3.91. The number of nitrogens with two attached hydrogens (primary N) is 1. The molecule has 1 aromatic carbocycles. The number of hydrogen-bond acceptors (Lipinski definition) is 7. The van der Waals surface area contributed by atoms with E-state index in [0.717, 1.165) is 0 Å². The summed E-state index contributed by atoms with van der Waals surface area (Å²) < 4.78 is 15.1. The van der Waals surface area contributed by atoms with E-state index < -0.39 is 5.97 Å². The van der Waals surface area contributed by atoms with Gasteiger partial charge in [-0.25, -0.2) is 9.42 Å². The van der Waals surface area contributed by atoms with Gasteiger partial charge in [-0.15, -0.1) is 0 Å². The molecule has 7 heteroatoms. The Labute approximate surface area is 115 Å². The molecule has 0 saturated carbocycles. The van der Waals surface area contributed by atoms with Crippen LogP contribution in [0.2, 0.25) is 0 Å². The SMILES string of the molecule is CCOc1c(N)cccc1C(=O)OCc1nonc1C. The molecule has 0 aliphatic heterocycles. The normalized spacial score (nSPS) is 10.3. The van der Waals surface area contributed by atoms with Gasteiger partial charge in [0, 0.05) is 0 Å². The number of anilines is 1. The fraction of sp³-hybridized carbons (Fsp3) is 0.308. The van der Waals surface area contributed by atoms with Crippen LogP contribution in [0.5, 0.6) is 5.75 Å². The van der Waals surface area contributed by atoms with Crippen molar-refractivity contribution in [2.24, 2.45) is 0 Å². The van der Waals surface area contributed by atoms with E-state index in [2.05, 4.69) is 14.9 Å². The zero-order valence-corrected chi connectivity index (χ0v) is 11.3. The van der Waals surface area contributed by atoms with Gasteiger partial charge in [-0.2, -0.15) is 0 Å². The molecule has 2 aromatic rings. The van der Waals surface area contributed by atoms with E-state index in [0.29, 0.717) is 29.4 Å². The standard InChI is InChI=1S/C13H15N3O4/c1-3-18-12-9(5-4-6-10(12)14)13(17)19-7-11-8(2)15-20-16-11/h4-6H,3,7,14H2,1-2H3. The molecule has 106 valence electrons. The molecule has 0 bridgehead atoms. The van der Waals surface area contributed by atoms with Crippen molar-refractivity contribution in [3.8, 4) is 5.75 Å². The van der Waals surface area contributed by atoms with Gasteiger partial charge >= 0.3 is 5.97 Å². The lowest BCUT2D eigenvalue weighted by atomic mass is 10.1. The van der Waals surface area contributed by atoms with Crippen molar-refractivity contribution in [1.82, 2.24) is 10.3 Å². The molecule has 0 aliphatic rings. The maximum Gasteiger partial charge on any atom is 0.342 e. The summed E-state index contributed by atoms with van der Waals surface area (Å²) in [6.07, 6.45) is 0. The van der Waals surface area contributed by atoms with Crippen molar-refractivity contribution in [3.63, 3.8) is 0 Å². The Morgan fingerprint density at radius 3 is 2.85 bits per heavy atom. The van der Waals surface area contributed by atoms with Gasteiger partial charge in [0.25, 0.3) is 0 Å². The number of nitrogen functional groups attached to an aromatic ring is 1. The Morgan fingerprint density at radius 1 is 1.40 bits per heavy atom. The Bertz CT molecular complexity index is 609. The average Bonchev–Trinajstić information content (AvgIpc) is 2.84. The monoisotopic (exact) mass is 277 g/mol. The van der Waals surface area contributed by atoms with Gasteiger partial charge in [0.15, 0.2) is 5.75 Å². The number of rotatable bonds is 5. The Balaban J connectivity index is 2.13. The molecule has 0 aliphatic carbocycles. The maximum atomic E-state index is 12.1. The number of esters is 1. The van der Waals surface area contributed by atoms with Gasteiger partial charge in [0.1, 0.15) is 23.6 Å². The molecule has 1 aromatic heterocycles. The lowest BCUT2D eigenvalue weighted by Crippen LogP contribution is -2.10. The summed E-state index contributed by atoms with van der Waals surface area (Å²) in [7, 11) is 0. The summed E-state index contributed by atoms with van der Waals surface area (Å²) in [5, 5.41) is 7.24. The van der Waals surface area contributed by atoms with Crippen LogP contribution in [0.25, 0.3) is 0 Å². The van der Waals surface area contributed by atoms with Gasteiger partial charge in [-0.3, -0.25) is 0 Å². The quantitative estimate of drug-likeness (QED) is 0.655. The van der Waals surface area contributed by atoms with Gasteiger partial charge < -0.3 is 15.2 Å². The molecule has 0 saturated heterocycles. The smallest absolute Gasteiger partial charge is 0.342 e. The molecule has 1 heterocycles. The third-order valence-electron chi connectivity index (χ3n) is 2.64. The van der Waals surface area contributed by atoms with E-state index in [9.17, 15) is 4.79 Å². The van der Waals surface area contributed by atoms with Gasteiger partial charge in [0.2, 0.25) is 0 Å². The summed E-state index contributed by atoms with van der Waals surface area (Å²) in [5.41, 5.74) is 7.51. The molecule has 2 rings (SSSR count). The number of aryl methyl sites for hydroxylation is 1. The largest absolute Gasteiger partial charge is 0.491 e. The van der Waals surface area contributed by atoms with E-state index in [1.807, 2.05) is 6.92 Å². The first-order chi connectivity index (χ1) is 9.63. The van der Waals surface area contributed by atoms with Crippen molar-refractivity contribution in [2.45, 2.75) is 20.5 Å². The van der Waals surface area contributed by atoms with Crippen LogP contribution in [0.4, 0.5) is 5.69 Å². The van der Waals surface area contributed by atoms with E-state index in [1.54, 1.807) is 25.1 Å². The van der Waals surface area contributed by atoms with Crippen LogP contribution in [-0.2, 0) is 11.3 Å². The van der Waals surface area contributed by atoms with Crippen LogP contribution in [0.15, 0.2) is 22.8 Å². The van der Waals surface area contributed by atoms with Crippen LogP contribution in [0.3, 0.4) is 0 Å². The molecule has 0 unspecified atom stereocenters. The molecule has 0 radical (unpaired) electrons. The highest BCUT2D eigenvalue weighted by Gasteiger charge is 2.17. The predicted molar refractivity (Wildman–Crippen MR) is 70.2 cm³/mol. The van der Waals surface area contributed by atoms with Gasteiger partial charge in [-0.05, 0) is 26.0 Å². The predicted octanol–water partition coefficient (Wildman–Crippen LogP) is 1.72. The summed E-state index contributed by atoms with van der Waals surface area (Å²) in [5.74, 6) is -0.210. The van der Waals surface area contributed by atoms with Crippen molar-refractivity contribution in [1.29, 1.82) is 0 Å². The van der Waals surface area contributed by atoms with Gasteiger partial charge in [0.05, 0.1) is 12.3 Å². The Morgan fingerprint density at radius 2 is 2.20 bits per heavy atom. The van der Waals surface area contributed by atoms with Gasteiger partial charge in [-0.1, -0.05) is 16.4 Å². The van der Waals surface area contributed by atoms with Crippen LogP contribution in [0.1, 0.15) is 28.7 Å². The Kier molecular flexibility index (Phi) is 4.19. The van der Waals surface area contributed by atoms with Crippen LogP contribution in [0, 0.1) is 6.92 Å². The summed E-state index contributed by atoms with van der Waals surface area (Å²) in [4.78, 5) is 12.1. The average molecular weight is 277 g/mol. The molecule has 0 amide bonds. The zero-order valence-electron chi connectivity index (χ0n) is 11.3. The van der Waals surface area contributed by atoms with Crippen molar-refractivity contribution < 1.29 is 18.9 Å². The third kappa shape index (κ3) is 2.87. The highest BCUT2D eigenvalue weighted by atomic mass is 16.6. The molecule has 20 heavy (non-hydrogen) atoms. The van der Waals surface area contributed by atoms with Crippen molar-refractivity contribution in [2.75, 3.05) is 12.3 Å². The molecular formula is C13H15N3O4. The summed E-state index contributed by atoms with van der Waals surface area (Å²) in [6, 6.07) is 4.92. The van der Waals surface area contributed by atoms with E-state index in [4.69, 9.17) is 15.2 Å². The molecule has 2 N–H and O–H groups in total. The van der Waals surface area contributed by atoms with Crippen LogP contribution in [-0.4, -0.2) is 22.9 Å². The van der Waals surface area contributed by atoms with E-state index in [-0.39, 0.29) is 12.2 Å². The fourth-order valence-electron chi connectivity index (χ4n) is 1.61. The second kappa shape index (κ2) is 6.05. The molecule has 0 spiro atoms. The minimum atomic E-state index is -0.539. The van der Waals surface area contributed by atoms with Crippen molar-refractivity contribution >= 4 is 11.7 Å². The zero-order chi connectivity index (χ0) is 14.5. The number of carbonyl (C=O) groups is 1. The lowest BCUT2D eigenvalue weighted by Gasteiger charge is -2.11. The summed E-state index contributed by atoms with van der Waals surface area (Å²) >= 11 is 0.